The average Bonchev–Trinajstić information content (AvgIpc) is 3.18. The second-order valence-corrected chi connectivity index (χ2v) is 13.8. The van der Waals surface area contributed by atoms with Crippen LogP contribution in [-0.2, 0) is 27.3 Å². The zero-order chi connectivity index (χ0) is 37.1. The molecule has 0 bridgehead atoms. The summed E-state index contributed by atoms with van der Waals surface area (Å²) in [5, 5.41) is 16.3. The van der Waals surface area contributed by atoms with Crippen molar-refractivity contribution >= 4 is 24.1 Å². The molecule has 1 aliphatic heterocycles. The summed E-state index contributed by atoms with van der Waals surface area (Å²) in [6.07, 6.45) is 11.4. The van der Waals surface area contributed by atoms with Crippen LogP contribution in [0.25, 0.3) is 6.08 Å². The number of ether oxygens (including phenoxy) is 2. The molecule has 4 aromatic carbocycles. The van der Waals surface area contributed by atoms with Crippen molar-refractivity contribution in [3.63, 3.8) is 0 Å². The lowest BCUT2D eigenvalue weighted by atomic mass is 9.91. The Balaban J connectivity index is 1.02. The number of benzene rings is 4. The van der Waals surface area contributed by atoms with Gasteiger partial charge in [-0.15, -0.1) is 0 Å². The van der Waals surface area contributed by atoms with Gasteiger partial charge in [0.05, 0.1) is 18.9 Å². The van der Waals surface area contributed by atoms with E-state index in [-0.39, 0.29) is 11.7 Å². The monoisotopic (exact) mass is 717 g/mol. The van der Waals surface area contributed by atoms with Crippen molar-refractivity contribution in [3.8, 4) is 11.5 Å². The van der Waals surface area contributed by atoms with Gasteiger partial charge in [-0.25, -0.2) is 0 Å². The van der Waals surface area contributed by atoms with E-state index in [2.05, 4.69) is 45.9 Å². The number of phenols is 1. The Morgan fingerprint density at radius 1 is 0.887 bits per heavy atom. The molecule has 280 valence electrons. The number of rotatable bonds is 21. The first kappa shape index (κ1) is 39.3. The van der Waals surface area contributed by atoms with Crippen LogP contribution in [-0.4, -0.2) is 61.8 Å². The summed E-state index contributed by atoms with van der Waals surface area (Å²) in [5.41, 5.74) is 5.48. The summed E-state index contributed by atoms with van der Waals surface area (Å²) in [6.45, 7) is 7.70. The number of hydrogen-bond donors (Lipinski definition) is 3. The predicted octanol–water partition coefficient (Wildman–Crippen LogP) is 8.35. The normalized spacial score (nSPS) is 14.2. The topological polar surface area (TPSA) is 100 Å². The SMILES string of the molecule is C/C=C\c1c(CCNCCCCCCOc2cccc(C(C(=O)OCC3CCN(Cc4ccccc4)CC3)c3ccccc3)c2)ccc(O)c1NC=O. The number of unbranched alkanes of at least 4 members (excludes halogenated alkanes) is 3. The highest BCUT2D eigenvalue weighted by Gasteiger charge is 2.27. The molecule has 1 unspecified atom stereocenters. The molecule has 4 aromatic rings. The maximum Gasteiger partial charge on any atom is 0.317 e. The van der Waals surface area contributed by atoms with Gasteiger partial charge in [0.15, 0.2) is 0 Å². The van der Waals surface area contributed by atoms with Gasteiger partial charge in [0.1, 0.15) is 17.4 Å². The first-order valence-corrected chi connectivity index (χ1v) is 19.1. The van der Waals surface area contributed by atoms with Gasteiger partial charge in [-0.3, -0.25) is 14.5 Å². The van der Waals surface area contributed by atoms with Crippen LogP contribution < -0.4 is 15.4 Å². The van der Waals surface area contributed by atoms with Gasteiger partial charge in [0, 0.05) is 12.1 Å². The highest BCUT2D eigenvalue weighted by Crippen LogP contribution is 2.32. The molecule has 1 fully saturated rings. The lowest BCUT2D eigenvalue weighted by molar-refractivity contribution is -0.146. The van der Waals surface area contributed by atoms with Crippen molar-refractivity contribution in [1.82, 2.24) is 10.2 Å². The first-order chi connectivity index (χ1) is 26.1. The number of allylic oxidation sites excluding steroid dienone is 1. The molecular formula is C45H55N3O5. The molecule has 0 aliphatic carbocycles. The van der Waals surface area contributed by atoms with Gasteiger partial charge < -0.3 is 25.2 Å². The summed E-state index contributed by atoms with van der Waals surface area (Å²) in [7, 11) is 0. The fourth-order valence-corrected chi connectivity index (χ4v) is 7.01. The molecule has 0 radical (unpaired) electrons. The van der Waals surface area contributed by atoms with Crippen molar-refractivity contribution in [2.45, 2.75) is 64.3 Å². The number of amides is 1. The molecule has 1 atom stereocenters. The number of likely N-dealkylation sites (tertiary alicyclic amines) is 1. The lowest BCUT2D eigenvalue weighted by Crippen LogP contribution is -2.35. The third-order valence-corrected chi connectivity index (χ3v) is 9.92. The van der Waals surface area contributed by atoms with Crippen LogP contribution in [0.3, 0.4) is 0 Å². The summed E-state index contributed by atoms with van der Waals surface area (Å²) >= 11 is 0. The number of nitrogens with one attached hydrogen (secondary N) is 2. The van der Waals surface area contributed by atoms with E-state index in [4.69, 9.17) is 9.47 Å². The minimum absolute atomic E-state index is 0.0620. The van der Waals surface area contributed by atoms with Crippen LogP contribution in [0.15, 0.2) is 103 Å². The van der Waals surface area contributed by atoms with Crippen LogP contribution in [0.2, 0.25) is 0 Å². The molecule has 53 heavy (non-hydrogen) atoms. The molecule has 0 aromatic heterocycles. The maximum atomic E-state index is 13.7. The largest absolute Gasteiger partial charge is 0.506 e. The highest BCUT2D eigenvalue weighted by atomic mass is 16.5. The summed E-state index contributed by atoms with van der Waals surface area (Å²) < 4.78 is 12.2. The average molecular weight is 718 g/mol. The van der Waals surface area contributed by atoms with Crippen molar-refractivity contribution in [1.29, 1.82) is 0 Å². The van der Waals surface area contributed by atoms with E-state index in [1.807, 2.05) is 79.7 Å². The quantitative estimate of drug-likeness (QED) is 0.0345. The number of hydrogen-bond acceptors (Lipinski definition) is 7. The van der Waals surface area contributed by atoms with E-state index in [0.29, 0.717) is 31.2 Å². The second kappa shape index (κ2) is 21.6. The number of carbonyl (C=O) groups excluding carboxylic acids is 2. The summed E-state index contributed by atoms with van der Waals surface area (Å²) in [5.74, 6) is 0.475. The van der Waals surface area contributed by atoms with Crippen molar-refractivity contribution in [2.24, 2.45) is 5.92 Å². The summed E-state index contributed by atoms with van der Waals surface area (Å²) in [6, 6.07) is 31.9. The van der Waals surface area contributed by atoms with Crippen LogP contribution in [0.5, 0.6) is 11.5 Å². The third-order valence-electron chi connectivity index (χ3n) is 9.92. The van der Waals surface area contributed by atoms with Crippen molar-refractivity contribution in [2.75, 3.05) is 44.7 Å². The molecule has 3 N–H and O–H groups in total. The Labute approximate surface area is 315 Å². The third kappa shape index (κ3) is 12.3. The van der Waals surface area contributed by atoms with E-state index in [1.54, 1.807) is 6.07 Å². The van der Waals surface area contributed by atoms with Gasteiger partial charge in [0.2, 0.25) is 6.41 Å². The minimum atomic E-state index is -0.510. The zero-order valence-electron chi connectivity index (χ0n) is 31.1. The molecule has 0 saturated carbocycles. The van der Waals surface area contributed by atoms with E-state index >= 15 is 0 Å². The number of phenolic OH excluding ortho intramolecular Hbond substituents is 1. The number of nitrogens with zero attached hydrogens (tertiary/aromatic N) is 1. The van der Waals surface area contributed by atoms with E-state index < -0.39 is 5.92 Å². The zero-order valence-corrected chi connectivity index (χ0v) is 31.1. The van der Waals surface area contributed by atoms with Gasteiger partial charge >= 0.3 is 5.97 Å². The Hall–Kier alpha value is -4.92. The maximum absolute atomic E-state index is 13.7. The Morgan fingerprint density at radius 2 is 1.62 bits per heavy atom. The lowest BCUT2D eigenvalue weighted by Gasteiger charge is -2.32. The van der Waals surface area contributed by atoms with E-state index in [1.165, 1.54) is 5.56 Å². The summed E-state index contributed by atoms with van der Waals surface area (Å²) in [4.78, 5) is 27.2. The van der Waals surface area contributed by atoms with Crippen LogP contribution in [0, 0.1) is 5.92 Å². The fourth-order valence-electron chi connectivity index (χ4n) is 7.01. The highest BCUT2D eigenvalue weighted by molar-refractivity contribution is 5.84. The van der Waals surface area contributed by atoms with Gasteiger partial charge in [-0.05, 0) is 112 Å². The minimum Gasteiger partial charge on any atom is -0.506 e. The molecule has 1 saturated heterocycles. The van der Waals surface area contributed by atoms with Gasteiger partial charge in [0.25, 0.3) is 0 Å². The Morgan fingerprint density at radius 3 is 2.38 bits per heavy atom. The fraction of sp³-hybridized carbons (Fsp3) is 0.378. The number of carbonyl (C=O) groups is 2. The molecule has 8 heteroatoms. The van der Waals surface area contributed by atoms with Crippen LogP contribution in [0.1, 0.15) is 79.2 Å². The van der Waals surface area contributed by atoms with E-state index in [0.717, 1.165) is 106 Å². The predicted molar refractivity (Wildman–Crippen MR) is 213 cm³/mol. The molecule has 1 heterocycles. The number of esters is 1. The smallest absolute Gasteiger partial charge is 0.317 e. The first-order valence-electron chi connectivity index (χ1n) is 19.1. The van der Waals surface area contributed by atoms with E-state index in [9.17, 15) is 14.7 Å². The molecular weight excluding hydrogens is 663 g/mol. The Kier molecular flexibility index (Phi) is 16.0. The van der Waals surface area contributed by atoms with Crippen LogP contribution >= 0.6 is 0 Å². The van der Waals surface area contributed by atoms with Crippen LogP contribution in [0.4, 0.5) is 5.69 Å². The van der Waals surface area contributed by atoms with Crippen molar-refractivity contribution in [3.05, 3.63) is 131 Å². The van der Waals surface area contributed by atoms with Gasteiger partial charge in [-0.1, -0.05) is 104 Å². The molecule has 5 rings (SSSR count). The molecule has 8 nitrogen and oxygen atoms in total. The number of anilines is 1. The molecule has 0 spiro atoms. The van der Waals surface area contributed by atoms with Gasteiger partial charge in [-0.2, -0.15) is 0 Å². The Bertz CT molecular complexity index is 1720. The number of aromatic hydroxyl groups is 1. The second-order valence-electron chi connectivity index (χ2n) is 13.8. The number of piperidine rings is 1. The van der Waals surface area contributed by atoms with Crippen molar-refractivity contribution < 1.29 is 24.2 Å². The standard InChI is InChI=1S/C45H55N3O5/c1-2-14-41-37(21-22-42(50)44(41)47-34-49)23-27-46-26-11-3-4-12-30-52-40-20-13-19-39(31-40)43(38-17-9-6-10-18-38)45(51)53-33-36-24-28-48(29-25-36)32-35-15-7-5-8-16-35/h2,5-10,13-22,31,34,36,43,46,50H,3-4,11-12,23-30,32-33H2,1H3,(H,47,49)/b14-2-. The molecule has 1 aliphatic rings. The molecule has 1 amide bonds.